The second kappa shape index (κ2) is 9.08. The van der Waals surface area contributed by atoms with Gasteiger partial charge < -0.3 is 25.2 Å². The maximum atomic E-state index is 12.7. The number of aromatic nitrogens is 1. The number of aliphatic hydroxyl groups excluding tert-OH is 1. The molecule has 1 aromatic heterocycles. The van der Waals surface area contributed by atoms with Crippen molar-refractivity contribution in [2.24, 2.45) is 0 Å². The zero-order chi connectivity index (χ0) is 21.7. The lowest BCUT2D eigenvalue weighted by molar-refractivity contribution is -0.138. The molecule has 1 aliphatic rings. The van der Waals surface area contributed by atoms with Gasteiger partial charge in [0.15, 0.2) is 0 Å². The van der Waals surface area contributed by atoms with Crippen molar-refractivity contribution in [3.05, 3.63) is 59.6 Å². The van der Waals surface area contributed by atoms with Gasteiger partial charge in [0, 0.05) is 31.3 Å². The van der Waals surface area contributed by atoms with Crippen molar-refractivity contribution in [3.8, 4) is 16.9 Å². The van der Waals surface area contributed by atoms with E-state index in [9.17, 15) is 19.5 Å². The fourth-order valence-electron chi connectivity index (χ4n) is 3.08. The molecule has 9 nitrogen and oxygen atoms in total. The van der Waals surface area contributed by atoms with Crippen LogP contribution >= 0.6 is 0 Å². The summed E-state index contributed by atoms with van der Waals surface area (Å²) in [4.78, 5) is 41.0. The van der Waals surface area contributed by atoms with Gasteiger partial charge in [-0.2, -0.15) is 0 Å². The van der Waals surface area contributed by atoms with Gasteiger partial charge in [0.05, 0.1) is 13.3 Å². The molecule has 2 heterocycles. The Morgan fingerprint density at radius 2 is 1.93 bits per heavy atom. The number of hydrogen-bond acceptors (Lipinski definition) is 6. The summed E-state index contributed by atoms with van der Waals surface area (Å²) in [5, 5.41) is 20.8. The molecule has 156 valence electrons. The molecule has 1 aliphatic heterocycles. The topological polar surface area (TPSA) is 129 Å². The van der Waals surface area contributed by atoms with Crippen LogP contribution in [0.3, 0.4) is 0 Å². The SMILES string of the molecule is COc1cncc(-c2ccc(CN3CCC(O)=C(C(=O)NCC(=O)O)C3=O)cc2)c1. The van der Waals surface area contributed by atoms with E-state index in [1.54, 1.807) is 19.5 Å². The highest BCUT2D eigenvalue weighted by atomic mass is 16.5. The lowest BCUT2D eigenvalue weighted by Crippen LogP contribution is -2.43. The molecule has 0 saturated carbocycles. The first-order valence-corrected chi connectivity index (χ1v) is 9.18. The third-order valence-electron chi connectivity index (χ3n) is 4.64. The molecule has 0 unspecified atom stereocenters. The summed E-state index contributed by atoms with van der Waals surface area (Å²) >= 11 is 0. The van der Waals surface area contributed by atoms with Crippen molar-refractivity contribution in [2.75, 3.05) is 20.2 Å². The summed E-state index contributed by atoms with van der Waals surface area (Å²) in [6, 6.07) is 9.39. The molecule has 0 radical (unpaired) electrons. The smallest absolute Gasteiger partial charge is 0.322 e. The molecule has 0 bridgehead atoms. The molecule has 1 aromatic carbocycles. The standard InChI is InChI=1S/C21H21N3O6/c1-30-16-8-15(9-22-10-16)14-4-2-13(3-5-14)12-24-7-6-17(25)19(21(24)29)20(28)23-11-18(26)27/h2-5,8-10,25H,6-7,11-12H2,1H3,(H,23,28)(H,26,27). The van der Waals surface area contributed by atoms with Gasteiger partial charge in [-0.05, 0) is 17.2 Å². The minimum atomic E-state index is -1.24. The number of carboxylic acid groups (broad SMARTS) is 1. The Labute approximate surface area is 172 Å². The Hall–Kier alpha value is -3.88. The van der Waals surface area contributed by atoms with Crippen LogP contribution < -0.4 is 10.1 Å². The minimum Gasteiger partial charge on any atom is -0.511 e. The van der Waals surface area contributed by atoms with Crippen LogP contribution in [0.4, 0.5) is 0 Å². The Morgan fingerprint density at radius 1 is 1.20 bits per heavy atom. The van der Waals surface area contributed by atoms with Crippen LogP contribution in [0.15, 0.2) is 54.1 Å². The highest BCUT2D eigenvalue weighted by molar-refractivity contribution is 6.19. The van der Waals surface area contributed by atoms with E-state index in [4.69, 9.17) is 9.84 Å². The van der Waals surface area contributed by atoms with Crippen LogP contribution in [0, 0.1) is 0 Å². The summed E-state index contributed by atoms with van der Waals surface area (Å²) in [5.74, 6) is -2.46. The molecular formula is C21H21N3O6. The Balaban J connectivity index is 1.71. The number of benzene rings is 1. The van der Waals surface area contributed by atoms with Crippen molar-refractivity contribution >= 4 is 17.8 Å². The fourth-order valence-corrected chi connectivity index (χ4v) is 3.08. The normalized spacial score (nSPS) is 13.9. The second-order valence-corrected chi connectivity index (χ2v) is 6.69. The Kier molecular flexibility index (Phi) is 6.31. The molecule has 0 spiro atoms. The summed E-state index contributed by atoms with van der Waals surface area (Å²) < 4.78 is 5.18. The van der Waals surface area contributed by atoms with Gasteiger partial charge in [-0.25, -0.2) is 0 Å². The summed E-state index contributed by atoms with van der Waals surface area (Å²) in [5.41, 5.74) is 2.25. The van der Waals surface area contributed by atoms with Gasteiger partial charge in [-0.3, -0.25) is 19.4 Å². The number of nitrogens with one attached hydrogen (secondary N) is 1. The number of hydrogen-bond donors (Lipinski definition) is 3. The first kappa shape index (κ1) is 20.8. The maximum Gasteiger partial charge on any atom is 0.322 e. The average molecular weight is 411 g/mol. The number of carbonyl (C=O) groups is 3. The number of aliphatic carboxylic acids is 1. The van der Waals surface area contributed by atoms with E-state index in [1.807, 2.05) is 30.3 Å². The zero-order valence-corrected chi connectivity index (χ0v) is 16.3. The van der Waals surface area contributed by atoms with E-state index >= 15 is 0 Å². The summed E-state index contributed by atoms with van der Waals surface area (Å²) in [7, 11) is 1.57. The number of carbonyl (C=O) groups excluding carboxylic acids is 2. The molecule has 9 heteroatoms. The van der Waals surface area contributed by atoms with Crippen LogP contribution in [0.1, 0.15) is 12.0 Å². The first-order valence-electron chi connectivity index (χ1n) is 9.18. The lowest BCUT2D eigenvalue weighted by Gasteiger charge is -2.28. The number of carboxylic acids is 1. The van der Waals surface area contributed by atoms with Crippen molar-refractivity contribution in [3.63, 3.8) is 0 Å². The average Bonchev–Trinajstić information content (AvgIpc) is 2.75. The molecule has 0 saturated heterocycles. The zero-order valence-electron chi connectivity index (χ0n) is 16.3. The van der Waals surface area contributed by atoms with Crippen LogP contribution in [0.5, 0.6) is 5.75 Å². The quantitative estimate of drug-likeness (QED) is 0.589. The number of amides is 2. The lowest BCUT2D eigenvalue weighted by atomic mass is 10.0. The van der Waals surface area contributed by atoms with Crippen molar-refractivity contribution in [2.45, 2.75) is 13.0 Å². The van der Waals surface area contributed by atoms with E-state index in [0.29, 0.717) is 5.75 Å². The molecule has 2 amide bonds. The summed E-state index contributed by atoms with van der Waals surface area (Å²) in [6.45, 7) is -0.135. The molecule has 0 atom stereocenters. The van der Waals surface area contributed by atoms with E-state index in [2.05, 4.69) is 10.3 Å². The number of rotatable bonds is 7. The largest absolute Gasteiger partial charge is 0.511 e. The maximum absolute atomic E-state index is 12.7. The molecule has 2 aromatic rings. The van der Waals surface area contributed by atoms with Crippen LogP contribution in [0.2, 0.25) is 0 Å². The van der Waals surface area contributed by atoms with Gasteiger partial charge in [-0.15, -0.1) is 0 Å². The van der Waals surface area contributed by atoms with E-state index in [1.165, 1.54) is 4.90 Å². The number of nitrogens with zero attached hydrogens (tertiary/aromatic N) is 2. The van der Waals surface area contributed by atoms with Gasteiger partial charge in [0.1, 0.15) is 23.6 Å². The predicted molar refractivity (Wildman–Crippen MR) is 107 cm³/mol. The van der Waals surface area contributed by atoms with Gasteiger partial charge in [-0.1, -0.05) is 24.3 Å². The third-order valence-corrected chi connectivity index (χ3v) is 4.64. The fraction of sp³-hybridized carbons (Fsp3) is 0.238. The van der Waals surface area contributed by atoms with Crippen LogP contribution in [-0.2, 0) is 20.9 Å². The molecule has 3 rings (SSSR count). The van der Waals surface area contributed by atoms with Gasteiger partial charge in [0.2, 0.25) is 0 Å². The monoisotopic (exact) mass is 411 g/mol. The van der Waals surface area contributed by atoms with Crippen LogP contribution in [0.25, 0.3) is 11.1 Å². The van der Waals surface area contributed by atoms with Gasteiger partial charge in [0.25, 0.3) is 11.8 Å². The highest BCUT2D eigenvalue weighted by Crippen LogP contribution is 2.24. The predicted octanol–water partition coefficient (Wildman–Crippen LogP) is 1.50. The number of aliphatic hydroxyl groups is 1. The first-order chi connectivity index (χ1) is 14.4. The van der Waals surface area contributed by atoms with E-state index in [0.717, 1.165) is 16.7 Å². The van der Waals surface area contributed by atoms with Crippen molar-refractivity contribution < 1.29 is 29.3 Å². The molecule has 3 N–H and O–H groups in total. The van der Waals surface area contributed by atoms with Crippen molar-refractivity contribution in [1.82, 2.24) is 15.2 Å². The third kappa shape index (κ3) is 4.75. The Bertz CT molecular complexity index is 1000. The van der Waals surface area contributed by atoms with E-state index in [-0.39, 0.29) is 25.3 Å². The number of ether oxygens (including phenoxy) is 1. The van der Waals surface area contributed by atoms with Gasteiger partial charge >= 0.3 is 5.97 Å². The Morgan fingerprint density at radius 3 is 2.60 bits per heavy atom. The number of pyridine rings is 1. The molecule has 0 fully saturated rings. The molecule has 0 aliphatic carbocycles. The second-order valence-electron chi connectivity index (χ2n) is 6.69. The molecule has 30 heavy (non-hydrogen) atoms. The number of methoxy groups -OCH3 is 1. The highest BCUT2D eigenvalue weighted by Gasteiger charge is 2.32. The minimum absolute atomic E-state index is 0.120. The van der Waals surface area contributed by atoms with Crippen molar-refractivity contribution in [1.29, 1.82) is 0 Å². The summed E-state index contributed by atoms with van der Waals surface area (Å²) in [6.07, 6.45) is 3.46. The van der Waals surface area contributed by atoms with E-state index < -0.39 is 29.9 Å². The molecular weight excluding hydrogens is 390 g/mol. The van der Waals surface area contributed by atoms with Crippen LogP contribution in [-0.4, -0.2) is 58.1 Å².